The van der Waals surface area contributed by atoms with E-state index >= 15 is 0 Å². The van der Waals surface area contributed by atoms with Crippen molar-refractivity contribution in [3.8, 4) is 5.75 Å². The smallest absolute Gasteiger partial charge is 0.322 e. The minimum Gasteiger partial charge on any atom is -0.494 e. The van der Waals surface area contributed by atoms with E-state index in [0.29, 0.717) is 29.9 Å². The van der Waals surface area contributed by atoms with Crippen LogP contribution in [0.3, 0.4) is 0 Å². The monoisotopic (exact) mass is 382 g/mol. The zero-order chi connectivity index (χ0) is 19.7. The molecule has 9 nitrogen and oxygen atoms in total. The van der Waals surface area contributed by atoms with Crippen LogP contribution in [-0.4, -0.2) is 57.5 Å². The zero-order valence-corrected chi connectivity index (χ0v) is 16.0. The van der Waals surface area contributed by atoms with Crippen LogP contribution >= 0.6 is 0 Å². The molecule has 3 heterocycles. The van der Waals surface area contributed by atoms with Gasteiger partial charge in [-0.2, -0.15) is 0 Å². The summed E-state index contributed by atoms with van der Waals surface area (Å²) in [6, 6.07) is 6.93. The van der Waals surface area contributed by atoms with Gasteiger partial charge in [0, 0.05) is 38.7 Å². The first-order chi connectivity index (χ1) is 13.6. The number of aryl methyl sites for hydroxylation is 1. The van der Waals surface area contributed by atoms with Crippen molar-refractivity contribution in [3.63, 3.8) is 0 Å². The molecule has 28 heavy (non-hydrogen) atoms. The summed E-state index contributed by atoms with van der Waals surface area (Å²) in [4.78, 5) is 19.3. The van der Waals surface area contributed by atoms with Gasteiger partial charge in [-0.15, -0.1) is 10.2 Å². The number of benzene rings is 1. The standard InChI is InChI=1S/C19H22N6O3/c1-24-11-21-23-18(24)15-9-12(27-2)10-25(15)19(26)22-14-6-7-16(28-3)17-13(14)5-4-8-20-17/h4-8,11-12,15H,9-10H2,1-3H3,(H,22,26)/t12-,15+/m1/s1. The van der Waals surface area contributed by atoms with Crippen LogP contribution in [0.1, 0.15) is 18.3 Å². The molecule has 0 unspecified atom stereocenters. The molecular formula is C19H22N6O3. The molecular weight excluding hydrogens is 360 g/mol. The second kappa shape index (κ2) is 7.43. The van der Waals surface area contributed by atoms with Crippen molar-refractivity contribution < 1.29 is 14.3 Å². The number of pyridine rings is 1. The van der Waals surface area contributed by atoms with E-state index in [1.165, 1.54) is 0 Å². The molecule has 1 aliphatic rings. The number of hydrogen-bond donors (Lipinski definition) is 1. The number of urea groups is 1. The second-order valence-electron chi connectivity index (χ2n) is 6.71. The Morgan fingerprint density at radius 3 is 2.86 bits per heavy atom. The van der Waals surface area contributed by atoms with Crippen molar-refractivity contribution >= 4 is 22.6 Å². The van der Waals surface area contributed by atoms with E-state index < -0.39 is 0 Å². The van der Waals surface area contributed by atoms with Crippen molar-refractivity contribution in [3.05, 3.63) is 42.6 Å². The van der Waals surface area contributed by atoms with E-state index in [1.807, 2.05) is 29.8 Å². The van der Waals surface area contributed by atoms with Gasteiger partial charge in [0.25, 0.3) is 0 Å². The normalized spacial score (nSPS) is 19.2. The number of methoxy groups -OCH3 is 2. The zero-order valence-electron chi connectivity index (χ0n) is 16.0. The number of fused-ring (bicyclic) bond motifs is 1. The van der Waals surface area contributed by atoms with Gasteiger partial charge in [-0.25, -0.2) is 4.79 Å². The lowest BCUT2D eigenvalue weighted by atomic mass is 10.1. The Hall–Kier alpha value is -3.20. The lowest BCUT2D eigenvalue weighted by molar-refractivity contribution is 0.111. The van der Waals surface area contributed by atoms with Crippen LogP contribution in [0.15, 0.2) is 36.8 Å². The van der Waals surface area contributed by atoms with Crippen molar-refractivity contribution in [1.82, 2.24) is 24.6 Å². The van der Waals surface area contributed by atoms with Crippen LogP contribution in [0.25, 0.3) is 10.9 Å². The minimum absolute atomic E-state index is 0.0540. The van der Waals surface area contributed by atoms with Gasteiger partial charge in [-0.05, 0) is 24.3 Å². The van der Waals surface area contributed by atoms with Gasteiger partial charge in [0.1, 0.15) is 17.6 Å². The van der Waals surface area contributed by atoms with Gasteiger partial charge < -0.3 is 24.3 Å². The van der Waals surface area contributed by atoms with Gasteiger partial charge in [0.2, 0.25) is 0 Å². The van der Waals surface area contributed by atoms with Gasteiger partial charge in [-0.3, -0.25) is 4.98 Å². The summed E-state index contributed by atoms with van der Waals surface area (Å²) in [5.74, 6) is 1.39. The molecule has 0 saturated carbocycles. The maximum atomic E-state index is 13.1. The van der Waals surface area contributed by atoms with Crippen LogP contribution in [0, 0.1) is 0 Å². The minimum atomic E-state index is -0.220. The van der Waals surface area contributed by atoms with E-state index in [1.54, 1.807) is 37.7 Å². The molecule has 0 aliphatic carbocycles. The number of nitrogens with one attached hydrogen (secondary N) is 1. The lowest BCUT2D eigenvalue weighted by Crippen LogP contribution is -2.36. The molecule has 146 valence electrons. The summed E-state index contributed by atoms with van der Waals surface area (Å²) in [5.41, 5.74) is 1.37. The predicted molar refractivity (Wildman–Crippen MR) is 103 cm³/mol. The fourth-order valence-corrected chi connectivity index (χ4v) is 3.64. The second-order valence-corrected chi connectivity index (χ2v) is 6.71. The number of hydrogen-bond acceptors (Lipinski definition) is 6. The highest BCUT2D eigenvalue weighted by atomic mass is 16.5. The molecule has 1 fully saturated rings. The molecule has 0 radical (unpaired) electrons. The van der Waals surface area contributed by atoms with Gasteiger partial charge in [-0.1, -0.05) is 0 Å². The molecule has 1 N–H and O–H groups in total. The Bertz CT molecular complexity index is 1000. The van der Waals surface area contributed by atoms with E-state index in [9.17, 15) is 4.79 Å². The molecule has 1 aromatic carbocycles. The maximum absolute atomic E-state index is 13.1. The Morgan fingerprint density at radius 2 is 2.14 bits per heavy atom. The van der Waals surface area contributed by atoms with Crippen molar-refractivity contribution in [2.24, 2.45) is 7.05 Å². The Morgan fingerprint density at radius 1 is 1.29 bits per heavy atom. The first kappa shape index (κ1) is 18.2. The maximum Gasteiger partial charge on any atom is 0.322 e. The molecule has 1 saturated heterocycles. The van der Waals surface area contributed by atoms with Gasteiger partial charge in [0.15, 0.2) is 5.82 Å². The summed E-state index contributed by atoms with van der Waals surface area (Å²) in [6.07, 6.45) is 3.95. The van der Waals surface area contributed by atoms with Crippen LogP contribution in [-0.2, 0) is 11.8 Å². The summed E-state index contributed by atoms with van der Waals surface area (Å²) < 4.78 is 12.7. The predicted octanol–water partition coefficient (Wildman–Crippen LogP) is 2.37. The van der Waals surface area contributed by atoms with Crippen LogP contribution in [0.2, 0.25) is 0 Å². The highest BCUT2D eigenvalue weighted by Gasteiger charge is 2.39. The average Bonchev–Trinajstić information content (AvgIpc) is 3.34. The number of ether oxygens (including phenoxy) is 2. The first-order valence-electron chi connectivity index (χ1n) is 8.98. The Kier molecular flexibility index (Phi) is 4.82. The van der Waals surface area contributed by atoms with Crippen molar-refractivity contribution in [2.45, 2.75) is 18.6 Å². The van der Waals surface area contributed by atoms with Crippen molar-refractivity contribution in [2.75, 3.05) is 26.1 Å². The van der Waals surface area contributed by atoms with Crippen LogP contribution in [0.5, 0.6) is 5.75 Å². The number of aromatic nitrogens is 4. The highest BCUT2D eigenvalue weighted by Crippen LogP contribution is 2.34. The molecule has 3 aromatic rings. The van der Waals surface area contributed by atoms with Gasteiger partial charge in [0.05, 0.1) is 24.9 Å². The number of carbonyl (C=O) groups excluding carboxylic acids is 1. The largest absolute Gasteiger partial charge is 0.494 e. The van der Waals surface area contributed by atoms with Crippen LogP contribution in [0.4, 0.5) is 10.5 Å². The summed E-state index contributed by atoms with van der Waals surface area (Å²) >= 11 is 0. The molecule has 0 bridgehead atoms. The molecule has 4 rings (SSSR count). The summed E-state index contributed by atoms with van der Waals surface area (Å²) in [7, 11) is 5.12. The summed E-state index contributed by atoms with van der Waals surface area (Å²) in [5, 5.41) is 12.0. The molecule has 0 spiro atoms. The third kappa shape index (κ3) is 3.13. The average molecular weight is 382 g/mol. The third-order valence-electron chi connectivity index (χ3n) is 5.10. The fourth-order valence-electron chi connectivity index (χ4n) is 3.64. The SMILES string of the molecule is COc1ccc(NC(=O)N2C[C@H](OC)C[C@H]2c2nncn2C)c2cccnc12. The van der Waals surface area contributed by atoms with E-state index in [0.717, 1.165) is 11.2 Å². The third-order valence-corrected chi connectivity index (χ3v) is 5.10. The summed E-state index contributed by atoms with van der Waals surface area (Å²) in [6.45, 7) is 0.478. The number of amides is 2. The molecule has 1 aliphatic heterocycles. The number of nitrogens with zero attached hydrogens (tertiary/aromatic N) is 5. The fraction of sp³-hybridized carbons (Fsp3) is 0.368. The lowest BCUT2D eigenvalue weighted by Gasteiger charge is -2.24. The number of carbonyl (C=O) groups is 1. The van der Waals surface area contributed by atoms with Crippen LogP contribution < -0.4 is 10.1 Å². The topological polar surface area (TPSA) is 94.4 Å². The number of rotatable bonds is 4. The highest BCUT2D eigenvalue weighted by molar-refractivity contribution is 6.02. The number of likely N-dealkylation sites (tertiary alicyclic amines) is 1. The van der Waals surface area contributed by atoms with Crippen molar-refractivity contribution in [1.29, 1.82) is 0 Å². The van der Waals surface area contributed by atoms with E-state index in [2.05, 4.69) is 20.5 Å². The Labute approximate surface area is 162 Å². The van der Waals surface area contributed by atoms with Gasteiger partial charge >= 0.3 is 6.03 Å². The molecule has 9 heteroatoms. The van der Waals surface area contributed by atoms with E-state index in [4.69, 9.17) is 9.47 Å². The quantitative estimate of drug-likeness (QED) is 0.744. The first-order valence-corrected chi connectivity index (χ1v) is 8.98. The Balaban J connectivity index is 1.64. The molecule has 2 aromatic heterocycles. The number of anilines is 1. The molecule has 2 atom stereocenters. The molecule has 2 amide bonds. The van der Waals surface area contributed by atoms with E-state index in [-0.39, 0.29) is 18.2 Å².